The van der Waals surface area contributed by atoms with Crippen LogP contribution in [0, 0.1) is 0 Å². The normalized spacial score (nSPS) is 30.6. The molecule has 0 bridgehead atoms. The number of ether oxygens (including phenoxy) is 4. The maximum absolute atomic E-state index is 12.7. The maximum atomic E-state index is 12.7. The van der Waals surface area contributed by atoms with Gasteiger partial charge in [-0.3, -0.25) is 0 Å². The summed E-state index contributed by atoms with van der Waals surface area (Å²) in [5, 5.41) is 99.7. The number of aliphatic hydroxyl groups is 6. The van der Waals surface area contributed by atoms with Crippen molar-refractivity contribution in [2.75, 3.05) is 6.61 Å². The van der Waals surface area contributed by atoms with Crippen LogP contribution < -0.4 is 4.74 Å². The highest BCUT2D eigenvalue weighted by Gasteiger charge is 2.52. The molecule has 0 aromatic heterocycles. The number of aliphatic hydroxyl groups excluding tert-OH is 5. The third-order valence-electron chi connectivity index (χ3n) is 7.67. The van der Waals surface area contributed by atoms with Crippen LogP contribution in [-0.4, -0.2) is 130 Å². The molecule has 0 spiro atoms. The van der Waals surface area contributed by atoms with Gasteiger partial charge in [0.1, 0.15) is 42.7 Å². The number of hydrogen-bond acceptors (Lipinski definition) is 16. The molecule has 1 heterocycles. The van der Waals surface area contributed by atoms with Gasteiger partial charge in [-0.1, -0.05) is 12.1 Å². The van der Waals surface area contributed by atoms with E-state index in [-0.39, 0.29) is 16.9 Å². The summed E-state index contributed by atoms with van der Waals surface area (Å²) >= 11 is 0. The lowest BCUT2D eigenvalue weighted by molar-refractivity contribution is -0.277. The SMILES string of the molecule is O=C(/C=C/c1ccc(O)c(O)c1)O[C@@H]1CC(O)(C(=O)O)C[C@@H](OC(=O)/C=C/c2ccc(O)c(O[C@@H]3O[C@H](CO)[C@@H](O)[C@H](O)[C@H]3O)c2)C1O. The van der Waals surface area contributed by atoms with E-state index in [1.54, 1.807) is 0 Å². The molecule has 2 aromatic carbocycles. The van der Waals surface area contributed by atoms with Crippen molar-refractivity contribution in [3.05, 3.63) is 59.7 Å². The standard InChI is InChI=1S/C31H34O17/c32-13-22-26(39)27(40)28(41)29(48-22)47-19-10-15(2-6-17(19)34)4-8-24(37)46-21-12-31(44,30(42)43)11-20(25(21)38)45-23(36)7-3-14-1-5-16(33)18(35)9-14/h1-10,20-22,25-29,32-35,38-41,44H,11-13H2,(H,42,43)/b7-3+,8-4+/t20-,21-,22-,25?,26-,27+,28-,29-,31?/m1/s1. The van der Waals surface area contributed by atoms with Crippen molar-refractivity contribution in [1.29, 1.82) is 0 Å². The van der Waals surface area contributed by atoms with Crippen LogP contribution in [0.1, 0.15) is 24.0 Å². The molecule has 17 nitrogen and oxygen atoms in total. The van der Waals surface area contributed by atoms with E-state index in [4.69, 9.17) is 18.9 Å². The molecule has 0 amide bonds. The van der Waals surface area contributed by atoms with E-state index < -0.39 is 109 Å². The van der Waals surface area contributed by atoms with Gasteiger partial charge < -0.3 is 70.0 Å². The molecule has 2 unspecified atom stereocenters. The van der Waals surface area contributed by atoms with Gasteiger partial charge in [0, 0.05) is 25.0 Å². The maximum Gasteiger partial charge on any atom is 0.335 e. The summed E-state index contributed by atoms with van der Waals surface area (Å²) in [5.41, 5.74) is -2.07. The molecule has 48 heavy (non-hydrogen) atoms. The summed E-state index contributed by atoms with van der Waals surface area (Å²) in [7, 11) is 0. The molecule has 17 heteroatoms. The number of hydrogen-bond donors (Lipinski definition) is 10. The molecule has 0 radical (unpaired) electrons. The summed E-state index contributed by atoms with van der Waals surface area (Å²) < 4.78 is 21.1. The van der Waals surface area contributed by atoms with E-state index in [0.29, 0.717) is 0 Å². The first-order valence-corrected chi connectivity index (χ1v) is 14.3. The molecule has 2 fully saturated rings. The Labute approximate surface area is 271 Å². The molecule has 260 valence electrons. The molecule has 2 aliphatic rings. The Morgan fingerprint density at radius 3 is 1.83 bits per heavy atom. The quantitative estimate of drug-likeness (QED) is 0.0777. The smallest absolute Gasteiger partial charge is 0.335 e. The van der Waals surface area contributed by atoms with Gasteiger partial charge in [-0.2, -0.15) is 0 Å². The van der Waals surface area contributed by atoms with Crippen molar-refractivity contribution in [3.8, 4) is 23.0 Å². The van der Waals surface area contributed by atoms with E-state index in [9.17, 15) is 65.4 Å². The monoisotopic (exact) mass is 678 g/mol. The number of carboxylic acids is 1. The lowest BCUT2D eigenvalue weighted by Crippen LogP contribution is -2.60. The molecule has 1 aliphatic heterocycles. The summed E-state index contributed by atoms with van der Waals surface area (Å²) in [4.78, 5) is 37.0. The number of carboxylic acid groups (broad SMARTS) is 1. The fourth-order valence-electron chi connectivity index (χ4n) is 5.00. The van der Waals surface area contributed by atoms with Crippen molar-refractivity contribution in [2.45, 2.75) is 67.5 Å². The predicted molar refractivity (Wildman–Crippen MR) is 158 cm³/mol. The predicted octanol–water partition coefficient (Wildman–Crippen LogP) is -1.50. The van der Waals surface area contributed by atoms with Gasteiger partial charge in [0.2, 0.25) is 6.29 Å². The van der Waals surface area contributed by atoms with Gasteiger partial charge in [-0.25, -0.2) is 14.4 Å². The first kappa shape index (κ1) is 36.1. The minimum Gasteiger partial charge on any atom is -0.504 e. The molecule has 1 saturated heterocycles. The molecule has 1 aliphatic carbocycles. The van der Waals surface area contributed by atoms with Crippen LogP contribution >= 0.6 is 0 Å². The summed E-state index contributed by atoms with van der Waals surface area (Å²) in [6.07, 6.45) is -10.5. The molecular weight excluding hydrogens is 644 g/mol. The Morgan fingerprint density at radius 1 is 0.771 bits per heavy atom. The second kappa shape index (κ2) is 15.0. The first-order chi connectivity index (χ1) is 22.6. The number of benzene rings is 2. The van der Waals surface area contributed by atoms with Crippen molar-refractivity contribution >= 4 is 30.1 Å². The fraction of sp³-hybridized carbons (Fsp3) is 0.387. The van der Waals surface area contributed by atoms with Crippen LogP contribution in [0.2, 0.25) is 0 Å². The van der Waals surface area contributed by atoms with Gasteiger partial charge in [-0.05, 0) is 47.5 Å². The minimum atomic E-state index is -2.56. The van der Waals surface area contributed by atoms with Gasteiger partial charge in [-0.15, -0.1) is 0 Å². The van der Waals surface area contributed by atoms with Crippen LogP contribution in [0.25, 0.3) is 12.2 Å². The Kier molecular flexibility index (Phi) is 11.3. The first-order valence-electron chi connectivity index (χ1n) is 14.3. The van der Waals surface area contributed by atoms with Gasteiger partial charge in [0.15, 0.2) is 28.6 Å². The molecule has 2 aromatic rings. The Hall–Kier alpha value is -4.75. The van der Waals surface area contributed by atoms with Gasteiger partial charge in [0.25, 0.3) is 0 Å². The number of aliphatic carboxylic acids is 1. The fourth-order valence-corrected chi connectivity index (χ4v) is 5.00. The average molecular weight is 679 g/mol. The van der Waals surface area contributed by atoms with Crippen LogP contribution in [0.15, 0.2) is 48.6 Å². The highest BCUT2D eigenvalue weighted by atomic mass is 16.7. The third-order valence-corrected chi connectivity index (χ3v) is 7.67. The average Bonchev–Trinajstić information content (AvgIpc) is 3.04. The second-order valence-electron chi connectivity index (χ2n) is 11.1. The largest absolute Gasteiger partial charge is 0.504 e. The van der Waals surface area contributed by atoms with Crippen molar-refractivity contribution < 1.29 is 84.4 Å². The Bertz CT molecular complexity index is 1550. The lowest BCUT2D eigenvalue weighted by atomic mass is 9.79. The highest BCUT2D eigenvalue weighted by molar-refractivity contribution is 5.88. The number of phenols is 3. The number of carbonyl (C=O) groups is 3. The number of carbonyl (C=O) groups excluding carboxylic acids is 2. The third kappa shape index (κ3) is 8.39. The number of phenolic OH excluding ortho intramolecular Hbond substituents is 3. The van der Waals surface area contributed by atoms with Crippen LogP contribution in [0.5, 0.6) is 23.0 Å². The zero-order valence-electron chi connectivity index (χ0n) is 24.8. The van der Waals surface area contributed by atoms with Crippen molar-refractivity contribution in [2.24, 2.45) is 0 Å². The molecule has 4 rings (SSSR count). The number of aromatic hydroxyl groups is 3. The van der Waals surface area contributed by atoms with Crippen molar-refractivity contribution in [3.63, 3.8) is 0 Å². The van der Waals surface area contributed by atoms with E-state index in [1.807, 2.05) is 0 Å². The summed E-state index contributed by atoms with van der Waals surface area (Å²) in [6, 6.07) is 7.37. The Morgan fingerprint density at radius 2 is 1.31 bits per heavy atom. The molecule has 9 atom stereocenters. The van der Waals surface area contributed by atoms with E-state index in [2.05, 4.69) is 0 Å². The van der Waals surface area contributed by atoms with Crippen molar-refractivity contribution in [1.82, 2.24) is 0 Å². The molecule has 1 saturated carbocycles. The van der Waals surface area contributed by atoms with E-state index in [0.717, 1.165) is 24.3 Å². The minimum absolute atomic E-state index is 0.205. The zero-order chi connectivity index (χ0) is 35.3. The van der Waals surface area contributed by atoms with Crippen LogP contribution in [0.4, 0.5) is 0 Å². The Balaban J connectivity index is 1.43. The second-order valence-corrected chi connectivity index (χ2v) is 11.1. The molecule has 10 N–H and O–H groups in total. The topological polar surface area (TPSA) is 290 Å². The van der Waals surface area contributed by atoms with Gasteiger partial charge >= 0.3 is 17.9 Å². The highest BCUT2D eigenvalue weighted by Crippen LogP contribution is 2.34. The lowest BCUT2D eigenvalue weighted by Gasteiger charge is -2.40. The van der Waals surface area contributed by atoms with Gasteiger partial charge in [0.05, 0.1) is 6.61 Å². The number of rotatable bonds is 10. The van der Waals surface area contributed by atoms with E-state index in [1.165, 1.54) is 36.4 Å². The molecular formula is C31H34O17. The van der Waals surface area contributed by atoms with Crippen LogP contribution in [0.3, 0.4) is 0 Å². The van der Waals surface area contributed by atoms with Crippen LogP contribution in [-0.2, 0) is 28.6 Å². The zero-order valence-corrected chi connectivity index (χ0v) is 24.8. The summed E-state index contributed by atoms with van der Waals surface area (Å²) in [6.45, 7) is -0.714. The number of esters is 2. The van der Waals surface area contributed by atoms with E-state index >= 15 is 0 Å². The summed E-state index contributed by atoms with van der Waals surface area (Å²) in [5.74, 6) is -5.48.